The summed E-state index contributed by atoms with van der Waals surface area (Å²) in [4.78, 5) is 58.2. The van der Waals surface area contributed by atoms with Crippen molar-refractivity contribution in [3.63, 3.8) is 0 Å². The third kappa shape index (κ3) is 7.86. The van der Waals surface area contributed by atoms with Crippen molar-refractivity contribution in [2.45, 2.75) is 84.1 Å². The topological polar surface area (TPSA) is 94.9 Å². The van der Waals surface area contributed by atoms with Gasteiger partial charge in [-0.1, -0.05) is 83.4 Å². The Morgan fingerprint density at radius 3 is 1.35 bits per heavy atom. The average Bonchev–Trinajstić information content (AvgIpc) is 3.49. The molecule has 0 atom stereocenters. The molecule has 1 heterocycles. The van der Waals surface area contributed by atoms with Crippen molar-refractivity contribution in [2.24, 2.45) is 0 Å². The van der Waals surface area contributed by atoms with E-state index in [1.165, 1.54) is 16.7 Å². The van der Waals surface area contributed by atoms with Gasteiger partial charge in [-0.25, -0.2) is 0 Å². The number of aromatic nitrogens is 1. The number of fused-ring (bicyclic) bond motifs is 3. The van der Waals surface area contributed by atoms with E-state index in [0.29, 0.717) is 0 Å². The van der Waals surface area contributed by atoms with Crippen LogP contribution in [0.1, 0.15) is 84.1 Å². The van der Waals surface area contributed by atoms with Gasteiger partial charge < -0.3 is 14.4 Å². The zero-order valence-electron chi connectivity index (χ0n) is 33.3. The molecule has 7 rings (SSSR count). The molecule has 8 heteroatoms. The molecule has 292 valence electrons. The number of anilines is 3. The molecule has 0 saturated carbocycles. The van der Waals surface area contributed by atoms with Gasteiger partial charge in [0.1, 0.15) is 11.5 Å². The monoisotopic (exact) mass is 762 g/mol. The number of hydrogen-bond acceptors (Lipinski definition) is 7. The van der Waals surface area contributed by atoms with Crippen LogP contribution >= 0.6 is 0 Å². The first-order chi connectivity index (χ1) is 27.8. The van der Waals surface area contributed by atoms with Crippen LogP contribution in [0.4, 0.5) is 17.1 Å². The van der Waals surface area contributed by atoms with Crippen LogP contribution in [-0.4, -0.2) is 18.8 Å². The van der Waals surface area contributed by atoms with Gasteiger partial charge >= 0.3 is 0 Å². The van der Waals surface area contributed by atoms with Crippen LogP contribution < -0.4 is 36.3 Å². The molecular formula is C49H50N2O6. The van der Waals surface area contributed by atoms with Crippen molar-refractivity contribution >= 4 is 49.4 Å². The van der Waals surface area contributed by atoms with E-state index in [0.717, 1.165) is 104 Å². The fourth-order valence-electron chi connectivity index (χ4n) is 8.14. The van der Waals surface area contributed by atoms with E-state index in [1.54, 1.807) is 26.4 Å². The predicted octanol–water partition coefficient (Wildman–Crippen LogP) is 10.9. The van der Waals surface area contributed by atoms with Gasteiger partial charge in [-0.05, 0) is 109 Å². The lowest BCUT2D eigenvalue weighted by molar-refractivity contribution is 0.386. The second-order valence-corrected chi connectivity index (χ2v) is 15.0. The van der Waals surface area contributed by atoms with Gasteiger partial charge in [-0.3, -0.25) is 23.7 Å². The van der Waals surface area contributed by atoms with Crippen molar-refractivity contribution < 1.29 is 9.47 Å². The summed E-state index contributed by atoms with van der Waals surface area (Å²) in [7, 11) is 3.28. The van der Waals surface area contributed by atoms with Gasteiger partial charge in [-0.15, -0.1) is 0 Å². The van der Waals surface area contributed by atoms with E-state index in [4.69, 9.17) is 9.47 Å². The van der Waals surface area contributed by atoms with E-state index in [-0.39, 0.29) is 60.3 Å². The minimum Gasteiger partial charge on any atom is -0.497 e. The Labute approximate surface area is 332 Å². The van der Waals surface area contributed by atoms with Gasteiger partial charge in [0.2, 0.25) is 0 Å². The smallest absolute Gasteiger partial charge is 0.261 e. The van der Waals surface area contributed by atoms with Crippen LogP contribution in [-0.2, 0) is 0 Å². The third-order valence-corrected chi connectivity index (χ3v) is 11.3. The van der Waals surface area contributed by atoms with Gasteiger partial charge in [0.15, 0.2) is 10.9 Å². The molecule has 0 aliphatic rings. The van der Waals surface area contributed by atoms with E-state index in [2.05, 4.69) is 18.7 Å². The molecule has 57 heavy (non-hydrogen) atoms. The number of unbranched alkanes of at least 4 members (excludes halogenated alkanes) is 6. The van der Waals surface area contributed by atoms with Crippen LogP contribution in [0.3, 0.4) is 0 Å². The van der Waals surface area contributed by atoms with Gasteiger partial charge in [0.25, 0.3) is 11.1 Å². The van der Waals surface area contributed by atoms with E-state index in [9.17, 15) is 19.2 Å². The largest absolute Gasteiger partial charge is 0.497 e. The second-order valence-electron chi connectivity index (χ2n) is 15.0. The molecule has 0 aliphatic heterocycles. The summed E-state index contributed by atoms with van der Waals surface area (Å²) in [6, 6.07) is 31.8. The summed E-state index contributed by atoms with van der Waals surface area (Å²) < 4.78 is 12.2. The van der Waals surface area contributed by atoms with Crippen LogP contribution in [0.5, 0.6) is 11.5 Å². The highest BCUT2D eigenvalue weighted by Gasteiger charge is 2.23. The van der Waals surface area contributed by atoms with Crippen LogP contribution in [0.25, 0.3) is 43.4 Å². The second kappa shape index (κ2) is 17.4. The Kier molecular flexibility index (Phi) is 12.0. The zero-order valence-corrected chi connectivity index (χ0v) is 33.3. The molecule has 0 unspecified atom stereocenters. The summed E-state index contributed by atoms with van der Waals surface area (Å²) in [5.41, 5.74) is 3.05. The fraction of sp³-hybridized carbons (Fsp3) is 0.306. The highest BCUT2D eigenvalue weighted by atomic mass is 16.5. The van der Waals surface area contributed by atoms with Crippen molar-refractivity contribution in [1.82, 2.24) is 4.57 Å². The molecule has 0 radical (unpaired) electrons. The molecule has 6 aromatic carbocycles. The first kappa shape index (κ1) is 39.2. The highest BCUT2D eigenvalue weighted by molar-refractivity contribution is 6.05. The van der Waals surface area contributed by atoms with Crippen LogP contribution in [0, 0.1) is 0 Å². The van der Waals surface area contributed by atoms with Crippen molar-refractivity contribution in [3.05, 3.63) is 144 Å². The molecule has 0 N–H and O–H groups in total. The Bertz CT molecular complexity index is 2650. The number of ether oxygens (including phenoxy) is 2. The van der Waals surface area contributed by atoms with E-state index >= 15 is 0 Å². The SMILES string of the molecule is CCCCCCC(CCCCCC)n1c(=O)c2cc3c(=O)c4ccc(-c5ccc(N(c6ccc(OC)cc6)c6ccc(OC)cc6)cc5)cc4c(=O)c3cc2c1=O. The zero-order chi connectivity index (χ0) is 40.1. The standard InChI is InChI=1S/C49H50N2O6/c1-5-7-9-11-13-34(14-12-10-8-6-2)51-48(54)44-30-42-43(31-45(44)49(51)55)47(53)41-29-33(17-28-40(41)46(42)52)32-15-18-35(19-16-32)50(36-20-24-38(56-3)25-21-36)37-22-26-39(57-4)27-23-37/h15-31,34H,5-14H2,1-4H3. The number of rotatable bonds is 17. The Balaban J connectivity index is 1.26. The maximum atomic E-state index is 14.2. The molecule has 0 aliphatic carbocycles. The maximum absolute atomic E-state index is 14.2. The minimum absolute atomic E-state index is 0.166. The Morgan fingerprint density at radius 2 is 0.895 bits per heavy atom. The summed E-state index contributed by atoms with van der Waals surface area (Å²) in [5.74, 6) is 1.52. The Hall–Kier alpha value is -6.02. The molecule has 8 nitrogen and oxygen atoms in total. The lowest BCUT2D eigenvalue weighted by Crippen LogP contribution is -2.30. The van der Waals surface area contributed by atoms with Crippen molar-refractivity contribution in [1.29, 1.82) is 0 Å². The van der Waals surface area contributed by atoms with Crippen LogP contribution in [0.2, 0.25) is 0 Å². The molecule has 1 aromatic heterocycles. The normalized spacial score (nSPS) is 11.6. The lowest BCUT2D eigenvalue weighted by Gasteiger charge is -2.26. The first-order valence-corrected chi connectivity index (χ1v) is 20.3. The minimum atomic E-state index is -0.369. The quantitative estimate of drug-likeness (QED) is 0.0673. The van der Waals surface area contributed by atoms with Crippen molar-refractivity contribution in [3.8, 4) is 22.6 Å². The van der Waals surface area contributed by atoms with Gasteiger partial charge in [0.05, 0.1) is 25.0 Å². The molecule has 0 amide bonds. The van der Waals surface area contributed by atoms with E-state index < -0.39 is 0 Å². The molecular weight excluding hydrogens is 713 g/mol. The van der Waals surface area contributed by atoms with Crippen molar-refractivity contribution in [2.75, 3.05) is 19.1 Å². The highest BCUT2D eigenvalue weighted by Crippen LogP contribution is 2.37. The Morgan fingerprint density at radius 1 is 0.474 bits per heavy atom. The van der Waals surface area contributed by atoms with Gasteiger partial charge in [-0.2, -0.15) is 0 Å². The number of methoxy groups -OCH3 is 2. The molecule has 0 spiro atoms. The molecule has 0 saturated heterocycles. The summed E-state index contributed by atoms with van der Waals surface area (Å²) in [5, 5.41) is 1.33. The van der Waals surface area contributed by atoms with Crippen LogP contribution in [0.15, 0.2) is 122 Å². The number of nitrogens with zero attached hydrogens (tertiary/aromatic N) is 2. The predicted molar refractivity (Wildman–Crippen MR) is 234 cm³/mol. The molecule has 7 aromatic rings. The molecule has 0 bridgehead atoms. The number of benzene rings is 6. The fourth-order valence-corrected chi connectivity index (χ4v) is 8.14. The average molecular weight is 763 g/mol. The third-order valence-electron chi connectivity index (χ3n) is 11.3. The summed E-state index contributed by atoms with van der Waals surface area (Å²) in [6.07, 6.45) is 9.94. The molecule has 0 fully saturated rings. The first-order valence-electron chi connectivity index (χ1n) is 20.3. The maximum Gasteiger partial charge on any atom is 0.261 e. The summed E-state index contributed by atoms with van der Waals surface area (Å²) >= 11 is 0. The number of hydrogen-bond donors (Lipinski definition) is 0. The summed E-state index contributed by atoms with van der Waals surface area (Å²) in [6.45, 7) is 4.33. The lowest BCUT2D eigenvalue weighted by atomic mass is 9.96. The van der Waals surface area contributed by atoms with Gasteiger partial charge in [0, 0.05) is 44.6 Å². The van der Waals surface area contributed by atoms with E-state index in [1.807, 2.05) is 78.9 Å².